The third-order valence-corrected chi connectivity index (χ3v) is 6.13. The minimum atomic E-state index is -3.50. The summed E-state index contributed by atoms with van der Waals surface area (Å²) < 4.78 is 24.7. The van der Waals surface area contributed by atoms with Gasteiger partial charge in [-0.15, -0.1) is 11.3 Å². The summed E-state index contributed by atoms with van der Waals surface area (Å²) >= 11 is 10.2. The molecule has 7 heteroatoms. The second-order valence-corrected chi connectivity index (χ2v) is 8.45. The molecule has 0 bridgehead atoms. The van der Waals surface area contributed by atoms with Crippen molar-refractivity contribution in [2.24, 2.45) is 0 Å². The molecular formula is C13H10BrClO3S2. The second-order valence-electron chi connectivity index (χ2n) is 4.18. The van der Waals surface area contributed by atoms with Crippen LogP contribution in [0.15, 0.2) is 40.2 Å². The average molecular weight is 394 g/mol. The highest BCUT2D eigenvalue weighted by atomic mass is 79.9. The van der Waals surface area contributed by atoms with Crippen LogP contribution in [0.5, 0.6) is 0 Å². The van der Waals surface area contributed by atoms with E-state index in [1.165, 1.54) is 11.3 Å². The van der Waals surface area contributed by atoms with Crippen molar-refractivity contribution in [1.82, 2.24) is 0 Å². The molecule has 0 unspecified atom stereocenters. The predicted octanol–water partition coefficient (Wildman–Crippen LogP) is 3.96. The Labute approximate surface area is 134 Å². The van der Waals surface area contributed by atoms with E-state index in [0.717, 1.165) is 0 Å². The maximum Gasteiger partial charge on any atom is 0.188 e. The molecule has 0 amide bonds. The van der Waals surface area contributed by atoms with Crippen molar-refractivity contribution >= 4 is 54.5 Å². The molecule has 1 heterocycles. The topological polar surface area (TPSA) is 51.2 Å². The van der Waals surface area contributed by atoms with Gasteiger partial charge in [0.25, 0.3) is 0 Å². The molecule has 3 nitrogen and oxygen atoms in total. The van der Waals surface area contributed by atoms with Crippen LogP contribution in [-0.2, 0) is 15.6 Å². The summed E-state index contributed by atoms with van der Waals surface area (Å²) in [6.45, 7) is 0. The minimum absolute atomic E-state index is 0.168. The van der Waals surface area contributed by atoms with Gasteiger partial charge in [-0.05, 0) is 45.1 Å². The van der Waals surface area contributed by atoms with Crippen LogP contribution in [0.2, 0.25) is 5.02 Å². The number of sulfone groups is 1. The number of Topliss-reactive ketones (excluding diaryl/α,β-unsaturated/α-hetero) is 1. The molecular weight excluding hydrogens is 384 g/mol. The first-order valence-corrected chi connectivity index (χ1v) is 9.46. The van der Waals surface area contributed by atoms with Crippen LogP contribution >= 0.6 is 38.9 Å². The van der Waals surface area contributed by atoms with E-state index in [-0.39, 0.29) is 11.5 Å². The van der Waals surface area contributed by atoms with E-state index in [9.17, 15) is 13.2 Å². The van der Waals surface area contributed by atoms with Gasteiger partial charge in [0.05, 0.1) is 10.6 Å². The summed E-state index contributed by atoms with van der Waals surface area (Å²) in [7, 11) is -3.50. The van der Waals surface area contributed by atoms with E-state index in [0.29, 0.717) is 19.9 Å². The standard InChI is InChI=1S/C13H10BrClO3S2/c14-11-5-6-19-13(11)12(16)8-20(17,18)7-9-1-3-10(15)4-2-9/h1-6H,7-8H2. The Bertz CT molecular complexity index is 720. The van der Waals surface area contributed by atoms with Gasteiger partial charge < -0.3 is 0 Å². The average Bonchev–Trinajstić information content (AvgIpc) is 2.77. The normalized spacial score (nSPS) is 11.5. The molecule has 0 spiro atoms. The third-order valence-electron chi connectivity index (χ3n) is 2.52. The molecule has 0 radical (unpaired) electrons. The lowest BCUT2D eigenvalue weighted by atomic mass is 10.2. The van der Waals surface area contributed by atoms with E-state index < -0.39 is 15.6 Å². The van der Waals surface area contributed by atoms with Gasteiger partial charge in [-0.1, -0.05) is 23.7 Å². The molecule has 0 fully saturated rings. The summed E-state index contributed by atoms with van der Waals surface area (Å²) in [5.74, 6) is -1.05. The lowest BCUT2D eigenvalue weighted by molar-refractivity contribution is 0.102. The van der Waals surface area contributed by atoms with Crippen LogP contribution in [0.25, 0.3) is 0 Å². The highest BCUT2D eigenvalue weighted by molar-refractivity contribution is 9.10. The maximum absolute atomic E-state index is 12.0. The van der Waals surface area contributed by atoms with Gasteiger partial charge in [0.2, 0.25) is 0 Å². The molecule has 0 saturated heterocycles. The molecule has 1 aromatic carbocycles. The number of ketones is 1. The Kier molecular flexibility index (Phi) is 5.01. The maximum atomic E-state index is 12.0. The fraction of sp³-hybridized carbons (Fsp3) is 0.154. The molecule has 0 aliphatic heterocycles. The highest BCUT2D eigenvalue weighted by Gasteiger charge is 2.21. The summed E-state index contributed by atoms with van der Waals surface area (Å²) in [6.07, 6.45) is 0. The molecule has 0 N–H and O–H groups in total. The number of rotatable bonds is 5. The quantitative estimate of drug-likeness (QED) is 0.722. The molecule has 20 heavy (non-hydrogen) atoms. The molecule has 0 aliphatic rings. The zero-order valence-corrected chi connectivity index (χ0v) is 14.2. The summed E-state index contributed by atoms with van der Waals surface area (Å²) in [5, 5.41) is 2.29. The zero-order valence-electron chi connectivity index (χ0n) is 10.2. The monoisotopic (exact) mass is 392 g/mol. The van der Waals surface area contributed by atoms with Gasteiger partial charge in [0.15, 0.2) is 15.6 Å². The Balaban J connectivity index is 2.10. The molecule has 2 rings (SSSR count). The van der Waals surface area contributed by atoms with Crippen LogP contribution < -0.4 is 0 Å². The van der Waals surface area contributed by atoms with Gasteiger partial charge in [0, 0.05) is 9.50 Å². The van der Waals surface area contributed by atoms with Gasteiger partial charge in [-0.2, -0.15) is 0 Å². The van der Waals surface area contributed by atoms with Crippen molar-refractivity contribution in [3.8, 4) is 0 Å². The number of benzene rings is 1. The Hall–Kier alpha value is -0.690. The molecule has 106 valence electrons. The van der Waals surface area contributed by atoms with Crippen molar-refractivity contribution < 1.29 is 13.2 Å². The van der Waals surface area contributed by atoms with E-state index in [1.807, 2.05) is 0 Å². The summed E-state index contributed by atoms with van der Waals surface area (Å²) in [4.78, 5) is 12.4. The Morgan fingerprint density at radius 3 is 2.40 bits per heavy atom. The van der Waals surface area contributed by atoms with Gasteiger partial charge in [-0.3, -0.25) is 4.79 Å². The number of halogens is 2. The second kappa shape index (κ2) is 6.39. The molecule has 0 aliphatic carbocycles. The highest BCUT2D eigenvalue weighted by Crippen LogP contribution is 2.24. The van der Waals surface area contributed by atoms with Crippen LogP contribution in [0.4, 0.5) is 0 Å². The fourth-order valence-corrected chi connectivity index (χ4v) is 4.74. The Morgan fingerprint density at radius 2 is 1.85 bits per heavy atom. The van der Waals surface area contributed by atoms with Crippen molar-refractivity contribution in [2.75, 3.05) is 5.75 Å². The van der Waals surface area contributed by atoms with E-state index >= 15 is 0 Å². The number of thiophene rings is 1. The summed E-state index contributed by atoms with van der Waals surface area (Å²) in [6, 6.07) is 8.27. The van der Waals surface area contributed by atoms with Gasteiger partial charge in [-0.25, -0.2) is 8.42 Å². The fourth-order valence-electron chi connectivity index (χ4n) is 1.64. The lowest BCUT2D eigenvalue weighted by Crippen LogP contribution is -2.17. The van der Waals surface area contributed by atoms with Crippen LogP contribution in [-0.4, -0.2) is 20.0 Å². The predicted molar refractivity (Wildman–Crippen MR) is 85.3 cm³/mol. The number of hydrogen-bond donors (Lipinski definition) is 0. The van der Waals surface area contributed by atoms with Gasteiger partial charge in [0.1, 0.15) is 5.75 Å². The minimum Gasteiger partial charge on any atom is -0.292 e. The SMILES string of the molecule is O=C(CS(=O)(=O)Cc1ccc(Cl)cc1)c1sccc1Br. The number of carbonyl (C=O) groups is 1. The van der Waals surface area contributed by atoms with Crippen molar-refractivity contribution in [3.63, 3.8) is 0 Å². The van der Waals surface area contributed by atoms with Crippen LogP contribution in [0.3, 0.4) is 0 Å². The largest absolute Gasteiger partial charge is 0.292 e. The molecule has 1 aromatic heterocycles. The van der Waals surface area contributed by atoms with Crippen molar-refractivity contribution in [2.45, 2.75) is 5.75 Å². The molecule has 2 aromatic rings. The molecule has 0 saturated carbocycles. The van der Waals surface area contributed by atoms with Gasteiger partial charge >= 0.3 is 0 Å². The zero-order chi connectivity index (χ0) is 14.8. The number of carbonyl (C=O) groups excluding carboxylic acids is 1. The van der Waals surface area contributed by atoms with Crippen molar-refractivity contribution in [1.29, 1.82) is 0 Å². The van der Waals surface area contributed by atoms with Crippen LogP contribution in [0, 0.1) is 0 Å². The summed E-state index contributed by atoms with van der Waals surface area (Å²) in [5.41, 5.74) is 0.618. The molecule has 0 atom stereocenters. The van der Waals surface area contributed by atoms with E-state index in [1.54, 1.807) is 35.7 Å². The third kappa shape index (κ3) is 4.15. The van der Waals surface area contributed by atoms with E-state index in [2.05, 4.69) is 15.9 Å². The first-order chi connectivity index (χ1) is 9.37. The van der Waals surface area contributed by atoms with Crippen LogP contribution in [0.1, 0.15) is 15.2 Å². The number of hydrogen-bond acceptors (Lipinski definition) is 4. The van der Waals surface area contributed by atoms with E-state index in [4.69, 9.17) is 11.6 Å². The first kappa shape index (κ1) is 15.7. The smallest absolute Gasteiger partial charge is 0.188 e. The lowest BCUT2D eigenvalue weighted by Gasteiger charge is -2.04. The first-order valence-electron chi connectivity index (χ1n) is 5.58. The van der Waals surface area contributed by atoms with Crippen molar-refractivity contribution in [3.05, 3.63) is 55.6 Å². The Morgan fingerprint density at radius 1 is 1.20 bits per heavy atom.